The van der Waals surface area contributed by atoms with Crippen LogP contribution in [0.5, 0.6) is 0 Å². The third-order valence-corrected chi connectivity index (χ3v) is 2.98. The lowest BCUT2D eigenvalue weighted by Gasteiger charge is -2.39. The van der Waals surface area contributed by atoms with Crippen molar-refractivity contribution in [2.24, 2.45) is 0 Å². The van der Waals surface area contributed by atoms with E-state index < -0.39 is 0 Å². The van der Waals surface area contributed by atoms with Crippen molar-refractivity contribution in [3.63, 3.8) is 0 Å². The van der Waals surface area contributed by atoms with Crippen LogP contribution in [0.3, 0.4) is 0 Å². The van der Waals surface area contributed by atoms with Crippen molar-refractivity contribution in [2.45, 2.75) is 13.0 Å². The Bertz CT molecular complexity index is 447. The maximum Gasteiger partial charge on any atom is 0.249 e. The molecule has 0 aliphatic carbocycles. The van der Waals surface area contributed by atoms with Gasteiger partial charge in [0, 0.05) is 12.2 Å². The molecule has 1 atom stereocenters. The number of ether oxygens (including phenoxy) is 1. The summed E-state index contributed by atoms with van der Waals surface area (Å²) in [6.07, 6.45) is 0. The number of hydrogen-bond acceptors (Lipinski definition) is 4. The van der Waals surface area contributed by atoms with Crippen molar-refractivity contribution in [3.8, 4) is 0 Å². The van der Waals surface area contributed by atoms with E-state index in [2.05, 4.69) is 10.3 Å². The molecule has 0 bridgehead atoms. The Morgan fingerprint density at radius 2 is 2.44 bits per heavy atom. The highest BCUT2D eigenvalue weighted by atomic mass is 16.5. The maximum absolute atomic E-state index is 11.8. The number of fused-ring (bicyclic) bond motifs is 3. The molecule has 0 aromatic carbocycles. The molecule has 1 aromatic rings. The number of carbonyl (C=O) groups is 1. The Balaban J connectivity index is 2.07. The van der Waals surface area contributed by atoms with Crippen molar-refractivity contribution < 1.29 is 9.53 Å². The average Bonchev–Trinajstić information content (AvgIpc) is 2.31. The first-order valence-corrected chi connectivity index (χ1v) is 5.38. The van der Waals surface area contributed by atoms with Crippen LogP contribution in [0.1, 0.15) is 5.69 Å². The molecule has 84 valence electrons. The number of anilines is 2. The SMILES string of the molecule is Cc1ccc2c(n1)N1CCOCC1C(=O)N2. The van der Waals surface area contributed by atoms with Crippen molar-refractivity contribution in [2.75, 3.05) is 30.0 Å². The van der Waals surface area contributed by atoms with Gasteiger partial charge in [0.2, 0.25) is 5.91 Å². The van der Waals surface area contributed by atoms with Crippen LogP contribution in [-0.4, -0.2) is 36.7 Å². The number of hydrogen-bond donors (Lipinski definition) is 1. The smallest absolute Gasteiger partial charge is 0.249 e. The Hall–Kier alpha value is -1.62. The van der Waals surface area contributed by atoms with Gasteiger partial charge in [-0.25, -0.2) is 4.98 Å². The molecule has 0 saturated carbocycles. The van der Waals surface area contributed by atoms with Gasteiger partial charge >= 0.3 is 0 Å². The van der Waals surface area contributed by atoms with Crippen molar-refractivity contribution in [1.82, 2.24) is 4.98 Å². The van der Waals surface area contributed by atoms with Gasteiger partial charge in [-0.3, -0.25) is 4.79 Å². The number of pyridine rings is 1. The number of aryl methyl sites for hydroxylation is 1. The Morgan fingerprint density at radius 3 is 3.31 bits per heavy atom. The van der Waals surface area contributed by atoms with Crippen LogP contribution in [0.2, 0.25) is 0 Å². The standard InChI is InChI=1S/C11H13N3O2/c1-7-2-3-8-10(12-7)14-4-5-16-6-9(14)11(15)13-8/h2-3,9H,4-6H2,1H3,(H,13,15). The summed E-state index contributed by atoms with van der Waals surface area (Å²) in [4.78, 5) is 18.3. The van der Waals surface area contributed by atoms with E-state index in [9.17, 15) is 4.79 Å². The van der Waals surface area contributed by atoms with Gasteiger partial charge in [0.15, 0.2) is 5.82 Å². The van der Waals surface area contributed by atoms with Crippen LogP contribution < -0.4 is 10.2 Å². The first-order chi connectivity index (χ1) is 7.75. The summed E-state index contributed by atoms with van der Waals surface area (Å²) in [7, 11) is 0. The van der Waals surface area contributed by atoms with E-state index in [-0.39, 0.29) is 11.9 Å². The van der Waals surface area contributed by atoms with Gasteiger partial charge < -0.3 is 15.0 Å². The second kappa shape index (κ2) is 3.45. The minimum Gasteiger partial charge on any atom is -0.377 e. The molecule has 1 unspecified atom stereocenters. The van der Waals surface area contributed by atoms with Crippen molar-refractivity contribution in [3.05, 3.63) is 17.8 Å². The highest BCUT2D eigenvalue weighted by Crippen LogP contribution is 2.31. The Morgan fingerprint density at radius 1 is 1.56 bits per heavy atom. The summed E-state index contributed by atoms with van der Waals surface area (Å²) in [6, 6.07) is 3.58. The van der Waals surface area contributed by atoms with Crippen molar-refractivity contribution in [1.29, 1.82) is 0 Å². The number of amides is 1. The number of morpholine rings is 1. The van der Waals surface area contributed by atoms with E-state index in [1.54, 1.807) is 0 Å². The highest BCUT2D eigenvalue weighted by Gasteiger charge is 2.36. The third-order valence-electron chi connectivity index (χ3n) is 2.98. The summed E-state index contributed by atoms with van der Waals surface area (Å²) in [5.41, 5.74) is 1.76. The molecule has 1 aromatic heterocycles. The normalized spacial score (nSPS) is 23.4. The third kappa shape index (κ3) is 1.36. The number of nitrogens with one attached hydrogen (secondary N) is 1. The first kappa shape index (κ1) is 9.59. The Kier molecular flexibility index (Phi) is 2.07. The molecule has 1 amide bonds. The Labute approximate surface area is 93.4 Å². The van der Waals surface area contributed by atoms with Crippen LogP contribution in [-0.2, 0) is 9.53 Å². The maximum atomic E-state index is 11.8. The van der Waals surface area contributed by atoms with E-state index >= 15 is 0 Å². The molecule has 16 heavy (non-hydrogen) atoms. The number of aromatic nitrogens is 1. The molecule has 2 aliphatic rings. The fraction of sp³-hybridized carbons (Fsp3) is 0.455. The lowest BCUT2D eigenvalue weighted by atomic mass is 10.1. The topological polar surface area (TPSA) is 54.5 Å². The molecule has 3 heterocycles. The van der Waals surface area contributed by atoms with Crippen molar-refractivity contribution >= 4 is 17.4 Å². The van der Waals surface area contributed by atoms with E-state index in [0.717, 1.165) is 23.7 Å². The summed E-state index contributed by atoms with van der Waals surface area (Å²) in [5.74, 6) is 0.866. The van der Waals surface area contributed by atoms with Gasteiger partial charge in [0.05, 0.1) is 18.9 Å². The molecule has 1 N–H and O–H groups in total. The predicted molar refractivity (Wildman–Crippen MR) is 59.6 cm³/mol. The molecular formula is C11H13N3O2. The minimum atomic E-state index is -0.226. The highest BCUT2D eigenvalue weighted by molar-refractivity contribution is 6.03. The predicted octanol–water partition coefficient (Wildman–Crippen LogP) is 0.547. The van der Waals surface area contributed by atoms with Gasteiger partial charge in [-0.2, -0.15) is 0 Å². The average molecular weight is 219 g/mol. The van der Waals surface area contributed by atoms with Gasteiger partial charge in [-0.05, 0) is 19.1 Å². The van der Waals surface area contributed by atoms with E-state index in [4.69, 9.17) is 4.74 Å². The molecule has 0 spiro atoms. The summed E-state index contributed by atoms with van der Waals surface area (Å²) < 4.78 is 5.32. The van der Waals surface area contributed by atoms with Crippen LogP contribution in [0, 0.1) is 6.92 Å². The van der Waals surface area contributed by atoms with E-state index in [1.165, 1.54) is 0 Å². The van der Waals surface area contributed by atoms with Crippen LogP contribution >= 0.6 is 0 Å². The summed E-state index contributed by atoms with van der Waals surface area (Å²) in [6.45, 7) is 3.77. The molecular weight excluding hydrogens is 206 g/mol. The number of rotatable bonds is 0. The van der Waals surface area contributed by atoms with Crippen LogP contribution in [0.15, 0.2) is 12.1 Å². The largest absolute Gasteiger partial charge is 0.377 e. The van der Waals surface area contributed by atoms with Gasteiger partial charge in [0.1, 0.15) is 6.04 Å². The molecule has 5 nitrogen and oxygen atoms in total. The summed E-state index contributed by atoms with van der Waals surface area (Å²) >= 11 is 0. The van der Waals surface area contributed by atoms with Gasteiger partial charge in [0.25, 0.3) is 0 Å². The van der Waals surface area contributed by atoms with Crippen LogP contribution in [0.4, 0.5) is 11.5 Å². The van der Waals surface area contributed by atoms with Crippen LogP contribution in [0.25, 0.3) is 0 Å². The minimum absolute atomic E-state index is 0.00199. The van der Waals surface area contributed by atoms with E-state index in [0.29, 0.717) is 13.2 Å². The van der Waals surface area contributed by atoms with Gasteiger partial charge in [-0.1, -0.05) is 0 Å². The number of carbonyl (C=O) groups excluding carboxylic acids is 1. The zero-order valence-electron chi connectivity index (χ0n) is 9.06. The fourth-order valence-electron chi connectivity index (χ4n) is 2.15. The monoisotopic (exact) mass is 219 g/mol. The lowest BCUT2D eigenvalue weighted by molar-refractivity contribution is -0.120. The van der Waals surface area contributed by atoms with E-state index in [1.807, 2.05) is 24.0 Å². The molecule has 1 saturated heterocycles. The number of nitrogens with zero attached hydrogens (tertiary/aromatic N) is 2. The quantitative estimate of drug-likeness (QED) is 0.692. The molecule has 2 aliphatic heterocycles. The molecule has 3 rings (SSSR count). The first-order valence-electron chi connectivity index (χ1n) is 5.38. The zero-order chi connectivity index (χ0) is 11.1. The molecule has 5 heteroatoms. The second-order valence-corrected chi connectivity index (χ2v) is 4.10. The lowest BCUT2D eigenvalue weighted by Crippen LogP contribution is -2.55. The van der Waals surface area contributed by atoms with Gasteiger partial charge in [-0.15, -0.1) is 0 Å². The summed E-state index contributed by atoms with van der Waals surface area (Å²) in [5, 5.41) is 2.86. The zero-order valence-corrected chi connectivity index (χ0v) is 9.06. The second-order valence-electron chi connectivity index (χ2n) is 4.10. The fourth-order valence-corrected chi connectivity index (χ4v) is 2.15. The molecule has 1 fully saturated rings. The molecule has 0 radical (unpaired) electrons.